The quantitative estimate of drug-likeness (QED) is 0.863. The molecule has 1 heterocycles. The highest BCUT2D eigenvalue weighted by Gasteiger charge is 2.33. The second-order valence-electron chi connectivity index (χ2n) is 5.04. The molecule has 0 unspecified atom stereocenters. The minimum absolute atomic E-state index is 0.0220. The zero-order valence-electron chi connectivity index (χ0n) is 12.0. The monoisotopic (exact) mass is 272 g/mol. The highest BCUT2D eigenvalue weighted by atomic mass is 16.2. The van der Waals surface area contributed by atoms with E-state index in [2.05, 4.69) is 16.4 Å². The van der Waals surface area contributed by atoms with E-state index in [0.29, 0.717) is 24.6 Å². The first kappa shape index (κ1) is 14.3. The van der Waals surface area contributed by atoms with Gasteiger partial charge in [-0.1, -0.05) is 0 Å². The van der Waals surface area contributed by atoms with Crippen molar-refractivity contribution < 1.29 is 4.79 Å². The Morgan fingerprint density at radius 1 is 1.60 bits per heavy atom. The number of amides is 1. The fourth-order valence-corrected chi connectivity index (χ4v) is 2.23. The predicted octanol–water partition coefficient (Wildman–Crippen LogP) is 2.34. The Labute approximate surface area is 119 Å². The van der Waals surface area contributed by atoms with Gasteiger partial charge in [-0.25, -0.2) is 0 Å². The molecule has 0 aromatic carbocycles. The molecule has 20 heavy (non-hydrogen) atoms. The van der Waals surface area contributed by atoms with Crippen LogP contribution in [0.2, 0.25) is 0 Å². The Morgan fingerprint density at radius 3 is 2.95 bits per heavy atom. The molecule has 1 amide bonds. The van der Waals surface area contributed by atoms with E-state index in [4.69, 9.17) is 5.26 Å². The fraction of sp³-hybridized carbons (Fsp3) is 0.533. The van der Waals surface area contributed by atoms with Crippen LogP contribution in [-0.2, 0) is 0 Å². The van der Waals surface area contributed by atoms with Crippen LogP contribution in [0, 0.1) is 18.3 Å². The number of hydrogen-bond acceptors (Lipinski definition) is 4. The number of nitriles is 1. The van der Waals surface area contributed by atoms with Gasteiger partial charge in [0.05, 0.1) is 23.7 Å². The maximum Gasteiger partial charge on any atom is 0.257 e. The van der Waals surface area contributed by atoms with E-state index < -0.39 is 0 Å². The summed E-state index contributed by atoms with van der Waals surface area (Å²) in [6, 6.07) is 4.30. The zero-order chi connectivity index (χ0) is 14.5. The number of carbonyl (C=O) groups excluding carboxylic acids is 1. The Bertz CT molecular complexity index is 531. The van der Waals surface area contributed by atoms with Gasteiger partial charge in [0.2, 0.25) is 0 Å². The molecule has 1 aliphatic rings. The van der Waals surface area contributed by atoms with Gasteiger partial charge in [0.25, 0.3) is 5.91 Å². The van der Waals surface area contributed by atoms with Gasteiger partial charge in [0, 0.05) is 31.0 Å². The van der Waals surface area contributed by atoms with Crippen LogP contribution in [0.15, 0.2) is 12.3 Å². The highest BCUT2D eigenvalue weighted by molar-refractivity contribution is 5.99. The van der Waals surface area contributed by atoms with Crippen molar-refractivity contribution in [2.24, 2.45) is 0 Å². The van der Waals surface area contributed by atoms with Gasteiger partial charge < -0.3 is 10.2 Å². The maximum absolute atomic E-state index is 12.7. The standard InChI is InChI=1S/C15H20N4O/c1-3-17-14-9-11(2)18-10-13(14)15(20)19(8-4-7-16)12-5-6-12/h9-10,12H,3-6,8H2,1-2H3,(H,17,18). The molecule has 0 saturated heterocycles. The fourth-order valence-electron chi connectivity index (χ4n) is 2.23. The van der Waals surface area contributed by atoms with Crippen LogP contribution in [0.4, 0.5) is 5.69 Å². The van der Waals surface area contributed by atoms with Crippen LogP contribution in [0.1, 0.15) is 42.2 Å². The Morgan fingerprint density at radius 2 is 2.35 bits per heavy atom. The summed E-state index contributed by atoms with van der Waals surface area (Å²) in [6.45, 7) is 5.16. The molecule has 1 N–H and O–H groups in total. The van der Waals surface area contributed by atoms with E-state index in [-0.39, 0.29) is 5.91 Å². The molecule has 5 nitrogen and oxygen atoms in total. The van der Waals surface area contributed by atoms with Gasteiger partial charge in [-0.15, -0.1) is 0 Å². The summed E-state index contributed by atoms with van der Waals surface area (Å²) < 4.78 is 0. The SMILES string of the molecule is CCNc1cc(C)ncc1C(=O)N(CCC#N)C1CC1. The van der Waals surface area contributed by atoms with Crippen molar-refractivity contribution >= 4 is 11.6 Å². The van der Waals surface area contributed by atoms with E-state index in [1.165, 1.54) is 0 Å². The third-order valence-electron chi connectivity index (χ3n) is 3.35. The van der Waals surface area contributed by atoms with Crippen molar-refractivity contribution in [3.8, 4) is 6.07 Å². The minimum atomic E-state index is -0.0220. The summed E-state index contributed by atoms with van der Waals surface area (Å²) in [4.78, 5) is 18.7. The molecule has 2 rings (SSSR count). The lowest BCUT2D eigenvalue weighted by Crippen LogP contribution is -2.34. The lowest BCUT2D eigenvalue weighted by Gasteiger charge is -2.22. The lowest BCUT2D eigenvalue weighted by atomic mass is 10.1. The number of hydrogen-bond donors (Lipinski definition) is 1. The zero-order valence-corrected chi connectivity index (χ0v) is 12.0. The molecule has 1 fully saturated rings. The molecule has 0 radical (unpaired) electrons. The first-order chi connectivity index (χ1) is 9.67. The molecule has 0 spiro atoms. The summed E-state index contributed by atoms with van der Waals surface area (Å²) in [6.07, 6.45) is 4.08. The van der Waals surface area contributed by atoms with Gasteiger partial charge in [0.1, 0.15) is 0 Å². The van der Waals surface area contributed by atoms with Crippen molar-refractivity contribution in [1.29, 1.82) is 5.26 Å². The van der Waals surface area contributed by atoms with Crippen molar-refractivity contribution in [2.75, 3.05) is 18.4 Å². The Kier molecular flexibility index (Phi) is 4.57. The average Bonchev–Trinajstić information content (AvgIpc) is 3.24. The number of aryl methyl sites for hydroxylation is 1. The largest absolute Gasteiger partial charge is 0.385 e. The van der Waals surface area contributed by atoms with E-state index in [0.717, 1.165) is 30.8 Å². The number of pyridine rings is 1. The van der Waals surface area contributed by atoms with Crippen LogP contribution in [0.3, 0.4) is 0 Å². The van der Waals surface area contributed by atoms with Crippen molar-refractivity contribution in [2.45, 2.75) is 39.2 Å². The molecule has 0 bridgehead atoms. The molecular weight excluding hydrogens is 252 g/mol. The molecule has 106 valence electrons. The topological polar surface area (TPSA) is 69.0 Å². The molecule has 1 aromatic rings. The van der Waals surface area contributed by atoms with E-state index >= 15 is 0 Å². The molecule has 0 atom stereocenters. The van der Waals surface area contributed by atoms with E-state index in [1.54, 1.807) is 6.20 Å². The summed E-state index contributed by atoms with van der Waals surface area (Å²) in [5.74, 6) is -0.0220. The van der Waals surface area contributed by atoms with Crippen LogP contribution < -0.4 is 5.32 Å². The van der Waals surface area contributed by atoms with Gasteiger partial charge >= 0.3 is 0 Å². The maximum atomic E-state index is 12.7. The number of anilines is 1. The lowest BCUT2D eigenvalue weighted by molar-refractivity contribution is 0.0747. The molecule has 1 saturated carbocycles. The van der Waals surface area contributed by atoms with E-state index in [1.807, 2.05) is 24.8 Å². The molecular formula is C15H20N4O. The number of aromatic nitrogens is 1. The number of rotatable bonds is 6. The number of carbonyl (C=O) groups is 1. The third kappa shape index (κ3) is 3.27. The summed E-state index contributed by atoms with van der Waals surface area (Å²) >= 11 is 0. The summed E-state index contributed by atoms with van der Waals surface area (Å²) in [5.41, 5.74) is 2.31. The van der Waals surface area contributed by atoms with E-state index in [9.17, 15) is 4.79 Å². The van der Waals surface area contributed by atoms with Gasteiger partial charge in [-0.3, -0.25) is 9.78 Å². The second kappa shape index (κ2) is 6.38. The predicted molar refractivity (Wildman–Crippen MR) is 77.4 cm³/mol. The van der Waals surface area contributed by atoms with Crippen molar-refractivity contribution in [3.63, 3.8) is 0 Å². The Balaban J connectivity index is 2.24. The minimum Gasteiger partial charge on any atom is -0.385 e. The second-order valence-corrected chi connectivity index (χ2v) is 5.04. The van der Waals surface area contributed by atoms with Crippen LogP contribution in [0.5, 0.6) is 0 Å². The van der Waals surface area contributed by atoms with Crippen LogP contribution >= 0.6 is 0 Å². The summed E-state index contributed by atoms with van der Waals surface area (Å²) in [7, 11) is 0. The van der Waals surface area contributed by atoms with Gasteiger partial charge in [-0.2, -0.15) is 5.26 Å². The number of nitrogens with zero attached hydrogens (tertiary/aromatic N) is 3. The first-order valence-electron chi connectivity index (χ1n) is 7.05. The smallest absolute Gasteiger partial charge is 0.257 e. The van der Waals surface area contributed by atoms with Gasteiger partial charge in [-0.05, 0) is 32.8 Å². The Hall–Kier alpha value is -2.09. The van der Waals surface area contributed by atoms with Crippen molar-refractivity contribution in [3.05, 3.63) is 23.5 Å². The molecule has 1 aromatic heterocycles. The van der Waals surface area contributed by atoms with Crippen LogP contribution in [-0.4, -0.2) is 34.9 Å². The van der Waals surface area contributed by atoms with Gasteiger partial charge in [0.15, 0.2) is 0 Å². The average molecular weight is 272 g/mol. The third-order valence-corrected chi connectivity index (χ3v) is 3.35. The van der Waals surface area contributed by atoms with Crippen LogP contribution in [0.25, 0.3) is 0 Å². The molecule has 5 heteroatoms. The normalized spacial score (nSPS) is 13.7. The van der Waals surface area contributed by atoms with Crippen molar-refractivity contribution in [1.82, 2.24) is 9.88 Å². The highest BCUT2D eigenvalue weighted by Crippen LogP contribution is 2.29. The molecule has 0 aliphatic heterocycles. The summed E-state index contributed by atoms with van der Waals surface area (Å²) in [5, 5.41) is 11.9. The first-order valence-corrected chi connectivity index (χ1v) is 7.05. The molecule has 1 aliphatic carbocycles. The number of nitrogens with one attached hydrogen (secondary N) is 1.